The van der Waals surface area contributed by atoms with E-state index in [1.165, 1.54) is 22.1 Å². The third-order valence-corrected chi connectivity index (χ3v) is 5.82. The van der Waals surface area contributed by atoms with Crippen molar-refractivity contribution in [3.05, 3.63) is 72.3 Å². The second-order valence-corrected chi connectivity index (χ2v) is 8.31. The summed E-state index contributed by atoms with van der Waals surface area (Å²) in [5.74, 6) is -1.27. The predicted molar refractivity (Wildman–Crippen MR) is 126 cm³/mol. The minimum Gasteiger partial charge on any atom is -0.480 e. The molecule has 0 saturated heterocycles. The number of rotatable bonds is 11. The first-order valence-corrected chi connectivity index (χ1v) is 11.1. The molecule has 0 spiro atoms. The minimum atomic E-state index is -1.06. The monoisotopic (exact) mass is 450 g/mol. The number of nitrogens with one attached hydrogen (secondary N) is 1. The van der Waals surface area contributed by atoms with Crippen LogP contribution in [-0.2, 0) is 14.3 Å². The van der Waals surface area contributed by atoms with E-state index in [2.05, 4.69) is 36.2 Å². The van der Waals surface area contributed by atoms with E-state index in [0.29, 0.717) is 13.0 Å². The van der Waals surface area contributed by atoms with E-state index in [9.17, 15) is 14.4 Å². The van der Waals surface area contributed by atoms with Crippen LogP contribution in [0.1, 0.15) is 36.8 Å². The summed E-state index contributed by atoms with van der Waals surface area (Å²) in [5, 5.41) is 11.7. The average Bonchev–Trinajstić information content (AvgIpc) is 3.13. The first kappa shape index (κ1) is 24.0. The number of benzene rings is 2. The highest BCUT2D eigenvalue weighted by Gasteiger charge is 2.29. The molecule has 2 aromatic rings. The molecule has 0 heterocycles. The van der Waals surface area contributed by atoms with Crippen molar-refractivity contribution in [2.45, 2.75) is 25.7 Å². The van der Waals surface area contributed by atoms with Crippen LogP contribution >= 0.6 is 0 Å². The van der Waals surface area contributed by atoms with E-state index < -0.39 is 12.1 Å². The van der Waals surface area contributed by atoms with Crippen LogP contribution < -0.4 is 5.32 Å². The molecule has 1 atom stereocenters. The van der Waals surface area contributed by atoms with Crippen LogP contribution in [0.3, 0.4) is 0 Å². The Labute approximate surface area is 194 Å². The van der Waals surface area contributed by atoms with Crippen molar-refractivity contribution in [1.82, 2.24) is 10.2 Å². The number of amides is 2. The standard InChI is InChI=1S/C26H30N2O5/c1-3-14-28(16-25(30)31)24(29)13-12-18(2)15-27-26(32)33-17-23-21-10-6-4-8-19(21)20-9-5-7-11-22(20)23/h3-11,18,23H,1,12-17H2,2H3,(H,27,32)(H,30,31). The van der Waals surface area contributed by atoms with Crippen molar-refractivity contribution in [3.63, 3.8) is 0 Å². The van der Waals surface area contributed by atoms with Gasteiger partial charge in [-0.05, 0) is 34.6 Å². The molecule has 7 nitrogen and oxygen atoms in total. The molecule has 1 unspecified atom stereocenters. The SMILES string of the molecule is C=CCN(CC(=O)O)C(=O)CCC(C)CNC(=O)OCC1c2ccccc2-c2ccccc21. The summed E-state index contributed by atoms with van der Waals surface area (Å²) >= 11 is 0. The zero-order chi connectivity index (χ0) is 23.8. The van der Waals surface area contributed by atoms with Gasteiger partial charge in [0.1, 0.15) is 13.2 Å². The molecule has 0 saturated carbocycles. The Morgan fingerprint density at radius 2 is 1.73 bits per heavy atom. The number of hydrogen-bond acceptors (Lipinski definition) is 4. The van der Waals surface area contributed by atoms with Gasteiger partial charge in [0.2, 0.25) is 5.91 Å². The van der Waals surface area contributed by atoms with Crippen molar-refractivity contribution in [3.8, 4) is 11.1 Å². The molecule has 33 heavy (non-hydrogen) atoms. The van der Waals surface area contributed by atoms with E-state index >= 15 is 0 Å². The van der Waals surface area contributed by atoms with Crippen molar-refractivity contribution in [1.29, 1.82) is 0 Å². The second-order valence-electron chi connectivity index (χ2n) is 8.31. The maximum atomic E-state index is 12.3. The molecule has 0 radical (unpaired) electrons. The van der Waals surface area contributed by atoms with E-state index in [-0.39, 0.29) is 43.9 Å². The van der Waals surface area contributed by atoms with Gasteiger partial charge in [-0.25, -0.2) is 4.79 Å². The Bertz CT molecular complexity index is 974. The van der Waals surface area contributed by atoms with Gasteiger partial charge in [-0.15, -0.1) is 6.58 Å². The number of ether oxygens (including phenoxy) is 1. The van der Waals surface area contributed by atoms with Gasteiger partial charge in [0.25, 0.3) is 0 Å². The number of nitrogens with zero attached hydrogens (tertiary/aromatic N) is 1. The van der Waals surface area contributed by atoms with E-state index in [0.717, 1.165) is 11.1 Å². The predicted octanol–water partition coefficient (Wildman–Crippen LogP) is 4.04. The summed E-state index contributed by atoms with van der Waals surface area (Å²) in [7, 11) is 0. The fourth-order valence-electron chi connectivity index (χ4n) is 4.11. The summed E-state index contributed by atoms with van der Waals surface area (Å²) in [6.45, 7) is 5.94. The summed E-state index contributed by atoms with van der Waals surface area (Å²) in [6.07, 6.45) is 1.74. The van der Waals surface area contributed by atoms with Gasteiger partial charge in [0.05, 0.1) is 0 Å². The number of hydrogen-bond donors (Lipinski definition) is 2. The van der Waals surface area contributed by atoms with Crippen molar-refractivity contribution in [2.24, 2.45) is 5.92 Å². The number of alkyl carbamates (subject to hydrolysis) is 1. The molecule has 3 rings (SSSR count). The lowest BCUT2D eigenvalue weighted by Gasteiger charge is -2.20. The second kappa shape index (κ2) is 11.3. The topological polar surface area (TPSA) is 95.9 Å². The molecule has 2 N–H and O–H groups in total. The Balaban J connectivity index is 1.45. The molecular weight excluding hydrogens is 420 g/mol. The van der Waals surface area contributed by atoms with Crippen molar-refractivity contribution >= 4 is 18.0 Å². The minimum absolute atomic E-state index is 0.00303. The van der Waals surface area contributed by atoms with Crippen LogP contribution in [0.25, 0.3) is 11.1 Å². The van der Waals surface area contributed by atoms with Gasteiger partial charge < -0.3 is 20.1 Å². The van der Waals surface area contributed by atoms with Gasteiger partial charge in [-0.2, -0.15) is 0 Å². The lowest BCUT2D eigenvalue weighted by Crippen LogP contribution is -2.36. The van der Waals surface area contributed by atoms with Gasteiger partial charge in [0.15, 0.2) is 0 Å². The Morgan fingerprint density at radius 1 is 1.12 bits per heavy atom. The Hall–Kier alpha value is -3.61. The first-order valence-electron chi connectivity index (χ1n) is 11.1. The summed E-state index contributed by atoms with van der Waals surface area (Å²) in [5.41, 5.74) is 4.66. The fourth-order valence-corrected chi connectivity index (χ4v) is 4.11. The fraction of sp³-hybridized carbons (Fsp3) is 0.346. The van der Waals surface area contributed by atoms with Gasteiger partial charge in [-0.1, -0.05) is 61.5 Å². The summed E-state index contributed by atoms with van der Waals surface area (Å²) < 4.78 is 5.53. The van der Waals surface area contributed by atoms with Crippen molar-refractivity contribution < 1.29 is 24.2 Å². The number of carboxylic acid groups (broad SMARTS) is 1. The third-order valence-electron chi connectivity index (χ3n) is 5.82. The lowest BCUT2D eigenvalue weighted by atomic mass is 9.98. The summed E-state index contributed by atoms with van der Waals surface area (Å²) in [4.78, 5) is 36.7. The van der Waals surface area contributed by atoms with Gasteiger partial charge in [0, 0.05) is 25.4 Å². The number of carboxylic acids is 1. The van der Waals surface area contributed by atoms with Crippen LogP contribution in [0.5, 0.6) is 0 Å². The average molecular weight is 451 g/mol. The van der Waals surface area contributed by atoms with Crippen LogP contribution in [-0.4, -0.2) is 54.2 Å². The molecule has 7 heteroatoms. The molecule has 0 fully saturated rings. The zero-order valence-electron chi connectivity index (χ0n) is 18.8. The highest BCUT2D eigenvalue weighted by atomic mass is 16.5. The Kier molecular flexibility index (Phi) is 8.24. The van der Waals surface area contributed by atoms with E-state index in [4.69, 9.17) is 9.84 Å². The quantitative estimate of drug-likeness (QED) is 0.504. The van der Waals surface area contributed by atoms with Crippen LogP contribution in [0.2, 0.25) is 0 Å². The molecule has 2 amide bonds. The number of fused-ring (bicyclic) bond motifs is 3. The van der Waals surface area contributed by atoms with Crippen LogP contribution in [0.4, 0.5) is 4.79 Å². The molecule has 174 valence electrons. The molecule has 0 aliphatic heterocycles. The normalized spacial score (nSPS) is 12.9. The molecule has 0 aromatic heterocycles. The molecule has 2 aromatic carbocycles. The lowest BCUT2D eigenvalue weighted by molar-refractivity contribution is -0.144. The van der Waals surface area contributed by atoms with Crippen LogP contribution in [0, 0.1) is 5.92 Å². The zero-order valence-corrected chi connectivity index (χ0v) is 18.8. The molecule has 1 aliphatic carbocycles. The maximum Gasteiger partial charge on any atom is 0.407 e. The van der Waals surface area contributed by atoms with Crippen LogP contribution in [0.15, 0.2) is 61.2 Å². The molecular formula is C26H30N2O5. The van der Waals surface area contributed by atoms with E-state index in [1.54, 1.807) is 0 Å². The van der Waals surface area contributed by atoms with Gasteiger partial charge in [-0.3, -0.25) is 9.59 Å². The molecule has 1 aliphatic rings. The number of carbonyl (C=O) groups is 3. The molecule has 0 bridgehead atoms. The largest absolute Gasteiger partial charge is 0.480 e. The summed E-state index contributed by atoms with van der Waals surface area (Å²) in [6, 6.07) is 16.3. The van der Waals surface area contributed by atoms with Gasteiger partial charge >= 0.3 is 12.1 Å². The van der Waals surface area contributed by atoms with E-state index in [1.807, 2.05) is 31.2 Å². The number of carbonyl (C=O) groups excluding carboxylic acids is 2. The third kappa shape index (κ3) is 6.22. The smallest absolute Gasteiger partial charge is 0.407 e. The highest BCUT2D eigenvalue weighted by Crippen LogP contribution is 2.44. The maximum absolute atomic E-state index is 12.3. The first-order chi connectivity index (χ1) is 15.9. The van der Waals surface area contributed by atoms with Crippen molar-refractivity contribution in [2.75, 3.05) is 26.2 Å². The Morgan fingerprint density at radius 3 is 2.30 bits per heavy atom. The highest BCUT2D eigenvalue weighted by molar-refractivity contribution is 5.81. The number of aliphatic carboxylic acids is 1.